The number of amides is 1. The number of carboxylic acids is 1. The highest BCUT2D eigenvalue weighted by molar-refractivity contribution is 6.30. The summed E-state index contributed by atoms with van der Waals surface area (Å²) in [7, 11) is 0. The van der Waals surface area contributed by atoms with Crippen molar-refractivity contribution >= 4 is 23.5 Å². The quantitative estimate of drug-likeness (QED) is 0.431. The van der Waals surface area contributed by atoms with Crippen LogP contribution in [-0.4, -0.2) is 33.1 Å². The first-order chi connectivity index (χ1) is 15.1. The van der Waals surface area contributed by atoms with Gasteiger partial charge in [-0.1, -0.05) is 23.7 Å². The molecular weight excluding hydrogens is 437 g/mol. The normalized spacial score (nSPS) is 12.8. The molecule has 166 valence electrons. The Labute approximate surface area is 188 Å². The van der Waals surface area contributed by atoms with Crippen molar-refractivity contribution in [2.75, 3.05) is 0 Å². The zero-order valence-electron chi connectivity index (χ0n) is 17.0. The molecule has 1 heterocycles. The molecule has 3 aromatic rings. The van der Waals surface area contributed by atoms with E-state index in [1.807, 2.05) is 0 Å². The first-order valence-corrected chi connectivity index (χ1v) is 10.0. The molecule has 5 N–H and O–H groups in total. The summed E-state index contributed by atoms with van der Waals surface area (Å²) in [5.41, 5.74) is 7.39. The van der Waals surface area contributed by atoms with Gasteiger partial charge in [-0.15, -0.1) is 0 Å². The van der Waals surface area contributed by atoms with Gasteiger partial charge in [-0.25, -0.2) is 9.37 Å². The first kappa shape index (κ1) is 23.2. The number of aromatic nitrogens is 1. The minimum absolute atomic E-state index is 0.0181. The predicted octanol–water partition coefficient (Wildman–Crippen LogP) is 3.36. The number of nitrogens with one attached hydrogen (secondary N) is 1. The molecule has 1 aromatic heterocycles. The lowest BCUT2D eigenvalue weighted by atomic mass is 9.97. The van der Waals surface area contributed by atoms with Crippen molar-refractivity contribution in [3.05, 3.63) is 93.5 Å². The van der Waals surface area contributed by atoms with Gasteiger partial charge in [0, 0.05) is 16.3 Å². The molecule has 0 fully saturated rings. The van der Waals surface area contributed by atoms with Gasteiger partial charge in [0.2, 0.25) is 0 Å². The third kappa shape index (κ3) is 5.60. The number of halogens is 2. The number of nitrogens with two attached hydrogens (primary N) is 1. The van der Waals surface area contributed by atoms with E-state index in [9.17, 15) is 19.1 Å². The summed E-state index contributed by atoms with van der Waals surface area (Å²) < 4.78 is 13.9. The topological polar surface area (TPSA) is 126 Å². The molecule has 0 spiro atoms. The van der Waals surface area contributed by atoms with Crippen LogP contribution in [0.15, 0.2) is 54.6 Å². The van der Waals surface area contributed by atoms with E-state index in [2.05, 4.69) is 10.3 Å². The van der Waals surface area contributed by atoms with E-state index in [-0.39, 0.29) is 23.4 Å². The Morgan fingerprint density at radius 3 is 2.50 bits per heavy atom. The van der Waals surface area contributed by atoms with E-state index < -0.39 is 29.8 Å². The minimum Gasteiger partial charge on any atom is -0.508 e. The lowest BCUT2D eigenvalue weighted by Crippen LogP contribution is -2.33. The molecule has 0 saturated carbocycles. The van der Waals surface area contributed by atoms with Crippen LogP contribution < -0.4 is 11.1 Å². The Bertz CT molecular complexity index is 1150. The predicted molar refractivity (Wildman–Crippen MR) is 117 cm³/mol. The maximum absolute atomic E-state index is 13.9. The van der Waals surface area contributed by atoms with Crippen molar-refractivity contribution in [1.82, 2.24) is 10.3 Å². The van der Waals surface area contributed by atoms with Crippen LogP contribution in [0.5, 0.6) is 5.75 Å². The van der Waals surface area contributed by atoms with Crippen molar-refractivity contribution in [1.29, 1.82) is 0 Å². The number of rotatable bonds is 7. The van der Waals surface area contributed by atoms with E-state index >= 15 is 0 Å². The first-order valence-electron chi connectivity index (χ1n) is 9.64. The number of carbonyl (C=O) groups is 2. The number of pyridine rings is 1. The average molecular weight is 458 g/mol. The number of carbonyl (C=O) groups excluding carboxylic acids is 1. The second-order valence-corrected chi connectivity index (χ2v) is 7.75. The second kappa shape index (κ2) is 9.76. The van der Waals surface area contributed by atoms with E-state index in [0.717, 1.165) is 12.1 Å². The standard InChI is InChI=1S/C23H21ClFN3O4/c1-12-8-13(9-18(26)23(31)32)10-19(27-12)22(30)28-21(14-2-4-15(24)5-3-14)17-11-16(25)6-7-20(17)29/h2-8,10-11,18,21,29H,9,26H2,1H3,(H,28,30)(H,31,32)/t18-,21?/m0/s1. The van der Waals surface area contributed by atoms with Crippen molar-refractivity contribution in [2.24, 2.45) is 5.73 Å². The number of aryl methyl sites for hydroxylation is 1. The number of carboxylic acid groups (broad SMARTS) is 1. The molecule has 0 saturated heterocycles. The number of hydrogen-bond acceptors (Lipinski definition) is 5. The number of phenolic OH excluding ortho intramolecular Hbond substituents is 1. The summed E-state index contributed by atoms with van der Waals surface area (Å²) in [5.74, 6) is -2.53. The fourth-order valence-corrected chi connectivity index (χ4v) is 3.40. The Morgan fingerprint density at radius 2 is 1.84 bits per heavy atom. The Balaban J connectivity index is 1.97. The lowest BCUT2D eigenvalue weighted by Gasteiger charge is -2.21. The fraction of sp³-hybridized carbons (Fsp3) is 0.174. The number of aliphatic carboxylic acids is 1. The Hall–Kier alpha value is -3.49. The zero-order valence-corrected chi connectivity index (χ0v) is 17.8. The molecule has 0 aliphatic heterocycles. The summed E-state index contributed by atoms with van der Waals surface area (Å²) in [6.07, 6.45) is 0.0181. The van der Waals surface area contributed by atoms with Crippen LogP contribution in [0.4, 0.5) is 4.39 Å². The van der Waals surface area contributed by atoms with E-state index in [4.69, 9.17) is 22.4 Å². The molecule has 0 aliphatic rings. The molecule has 0 bridgehead atoms. The van der Waals surface area contributed by atoms with Gasteiger partial charge in [0.25, 0.3) is 5.91 Å². The lowest BCUT2D eigenvalue weighted by molar-refractivity contribution is -0.138. The van der Waals surface area contributed by atoms with Crippen molar-refractivity contribution in [3.8, 4) is 5.75 Å². The van der Waals surface area contributed by atoms with Crippen LogP contribution in [0, 0.1) is 12.7 Å². The van der Waals surface area contributed by atoms with Gasteiger partial charge in [-0.3, -0.25) is 9.59 Å². The fourth-order valence-electron chi connectivity index (χ4n) is 3.27. The maximum Gasteiger partial charge on any atom is 0.320 e. The summed E-state index contributed by atoms with van der Waals surface area (Å²) >= 11 is 5.96. The van der Waals surface area contributed by atoms with E-state index in [1.165, 1.54) is 12.1 Å². The van der Waals surface area contributed by atoms with E-state index in [0.29, 0.717) is 21.8 Å². The van der Waals surface area contributed by atoms with Crippen LogP contribution in [0.2, 0.25) is 5.02 Å². The highest BCUT2D eigenvalue weighted by Crippen LogP contribution is 2.31. The maximum atomic E-state index is 13.9. The molecule has 9 heteroatoms. The molecule has 2 atom stereocenters. The number of hydrogen-bond donors (Lipinski definition) is 4. The van der Waals surface area contributed by atoms with Crippen LogP contribution in [0.1, 0.15) is 38.9 Å². The van der Waals surface area contributed by atoms with Crippen LogP contribution in [-0.2, 0) is 11.2 Å². The Kier molecular flexibility index (Phi) is 7.07. The molecule has 0 aliphatic carbocycles. The molecular formula is C23H21ClFN3O4. The van der Waals surface area contributed by atoms with Crippen molar-refractivity contribution in [2.45, 2.75) is 25.4 Å². The highest BCUT2D eigenvalue weighted by atomic mass is 35.5. The van der Waals surface area contributed by atoms with Crippen molar-refractivity contribution < 1.29 is 24.2 Å². The molecule has 1 unspecified atom stereocenters. The van der Waals surface area contributed by atoms with Gasteiger partial charge in [-0.2, -0.15) is 0 Å². The zero-order chi connectivity index (χ0) is 23.4. The second-order valence-electron chi connectivity index (χ2n) is 7.31. The molecule has 2 aromatic carbocycles. The SMILES string of the molecule is Cc1cc(C[C@H](N)C(=O)O)cc(C(=O)NC(c2ccc(Cl)cc2)c2cc(F)ccc2O)n1. The summed E-state index contributed by atoms with van der Waals surface area (Å²) in [6, 6.07) is 11.1. The van der Waals surface area contributed by atoms with Gasteiger partial charge >= 0.3 is 5.97 Å². The summed E-state index contributed by atoms with van der Waals surface area (Å²) in [5, 5.41) is 22.6. The smallest absolute Gasteiger partial charge is 0.320 e. The molecule has 32 heavy (non-hydrogen) atoms. The van der Waals surface area contributed by atoms with Gasteiger partial charge in [-0.05, 0) is 66.9 Å². The van der Waals surface area contributed by atoms with Gasteiger partial charge < -0.3 is 21.3 Å². The average Bonchev–Trinajstić information content (AvgIpc) is 2.74. The van der Waals surface area contributed by atoms with Gasteiger partial charge in [0.15, 0.2) is 0 Å². The Morgan fingerprint density at radius 1 is 1.16 bits per heavy atom. The number of aromatic hydroxyl groups is 1. The monoisotopic (exact) mass is 457 g/mol. The summed E-state index contributed by atoms with van der Waals surface area (Å²) in [6.45, 7) is 1.67. The summed E-state index contributed by atoms with van der Waals surface area (Å²) in [4.78, 5) is 28.4. The molecule has 1 amide bonds. The number of phenols is 1. The third-order valence-electron chi connectivity index (χ3n) is 4.80. The van der Waals surface area contributed by atoms with Crippen LogP contribution in [0.3, 0.4) is 0 Å². The van der Waals surface area contributed by atoms with Crippen molar-refractivity contribution in [3.63, 3.8) is 0 Å². The molecule has 3 rings (SSSR count). The van der Waals surface area contributed by atoms with Gasteiger partial charge in [0.1, 0.15) is 23.3 Å². The minimum atomic E-state index is -1.16. The number of benzene rings is 2. The van der Waals surface area contributed by atoms with Crippen LogP contribution in [0.25, 0.3) is 0 Å². The highest BCUT2D eigenvalue weighted by Gasteiger charge is 2.23. The number of nitrogens with zero attached hydrogens (tertiary/aromatic N) is 1. The third-order valence-corrected chi connectivity index (χ3v) is 5.05. The largest absolute Gasteiger partial charge is 0.508 e. The van der Waals surface area contributed by atoms with E-state index in [1.54, 1.807) is 37.3 Å². The van der Waals surface area contributed by atoms with Gasteiger partial charge in [0.05, 0.1) is 6.04 Å². The molecule has 0 radical (unpaired) electrons. The van der Waals surface area contributed by atoms with Crippen LogP contribution >= 0.6 is 11.6 Å². The molecule has 7 nitrogen and oxygen atoms in total.